The molecule has 2 heterocycles. The first kappa shape index (κ1) is 13.3. The zero-order valence-electron chi connectivity index (χ0n) is 10.4. The lowest BCUT2D eigenvalue weighted by atomic mass is 10.1. The average Bonchev–Trinajstić information content (AvgIpc) is 2.79. The highest BCUT2D eigenvalue weighted by Crippen LogP contribution is 2.24. The molecule has 2 rings (SSSR count). The third kappa shape index (κ3) is 2.82. The number of aliphatic hydroxyl groups excluding tert-OH is 1. The maximum absolute atomic E-state index is 9.44. The van der Waals surface area contributed by atoms with Gasteiger partial charge in [-0.05, 0) is 18.6 Å². The van der Waals surface area contributed by atoms with Gasteiger partial charge in [0.25, 0.3) is 0 Å². The van der Waals surface area contributed by atoms with Gasteiger partial charge >= 0.3 is 0 Å². The number of hydrogen-bond donors (Lipinski definition) is 2. The van der Waals surface area contributed by atoms with E-state index in [4.69, 9.17) is 5.73 Å². The number of hydrogen-bond acceptors (Lipinski definition) is 5. The average molecular weight is 266 g/mol. The van der Waals surface area contributed by atoms with Crippen LogP contribution in [0.25, 0.3) is 5.65 Å². The summed E-state index contributed by atoms with van der Waals surface area (Å²) in [5, 5.41) is 18.4. The molecule has 0 saturated heterocycles. The fourth-order valence-electron chi connectivity index (χ4n) is 1.81. The molecule has 0 bridgehead atoms. The van der Waals surface area contributed by atoms with Gasteiger partial charge in [-0.1, -0.05) is 31.2 Å². The summed E-state index contributed by atoms with van der Waals surface area (Å²) in [6, 6.07) is 5.73. The molecule has 2 aromatic rings. The highest BCUT2D eigenvalue weighted by atomic mass is 32.2. The predicted octanol–water partition coefficient (Wildman–Crippen LogP) is 1.31. The normalized spacial score (nSPS) is 14.8. The summed E-state index contributed by atoms with van der Waals surface area (Å²) in [6.07, 6.45) is 3.82. The molecule has 0 spiro atoms. The van der Waals surface area contributed by atoms with Gasteiger partial charge in [0.2, 0.25) is 0 Å². The molecule has 2 aromatic heterocycles. The molecule has 0 fully saturated rings. The number of fused-ring (bicyclic) bond motifs is 1. The van der Waals surface area contributed by atoms with Gasteiger partial charge in [0.1, 0.15) is 0 Å². The third-order valence-corrected chi connectivity index (χ3v) is 4.11. The molecule has 2 atom stereocenters. The highest BCUT2D eigenvalue weighted by Gasteiger charge is 2.20. The van der Waals surface area contributed by atoms with Crippen molar-refractivity contribution in [2.24, 2.45) is 5.73 Å². The van der Waals surface area contributed by atoms with E-state index in [0.717, 1.165) is 23.6 Å². The Balaban J connectivity index is 2.16. The van der Waals surface area contributed by atoms with E-state index in [1.807, 2.05) is 28.8 Å². The van der Waals surface area contributed by atoms with Gasteiger partial charge in [0, 0.05) is 12.2 Å². The molecule has 2 unspecified atom stereocenters. The topological polar surface area (TPSA) is 76.4 Å². The Kier molecular flexibility index (Phi) is 4.57. The van der Waals surface area contributed by atoms with Gasteiger partial charge in [0.15, 0.2) is 10.8 Å². The third-order valence-electron chi connectivity index (χ3n) is 2.82. The van der Waals surface area contributed by atoms with E-state index in [-0.39, 0.29) is 17.9 Å². The lowest BCUT2D eigenvalue weighted by molar-refractivity contribution is 0.279. The van der Waals surface area contributed by atoms with Crippen LogP contribution < -0.4 is 5.73 Å². The molecule has 3 N–H and O–H groups in total. The number of aromatic nitrogens is 3. The van der Waals surface area contributed by atoms with E-state index >= 15 is 0 Å². The molecule has 6 heteroatoms. The molecule has 0 aliphatic rings. The number of rotatable bonds is 6. The Morgan fingerprint density at radius 1 is 1.44 bits per heavy atom. The minimum Gasteiger partial charge on any atom is -0.395 e. The van der Waals surface area contributed by atoms with Crippen LogP contribution in [0, 0.1) is 0 Å². The Labute approximate surface area is 110 Å². The van der Waals surface area contributed by atoms with Gasteiger partial charge in [-0.25, -0.2) is 0 Å². The fraction of sp³-hybridized carbons (Fsp3) is 0.500. The number of pyridine rings is 1. The van der Waals surface area contributed by atoms with Crippen molar-refractivity contribution in [2.75, 3.05) is 6.61 Å². The number of nitrogens with two attached hydrogens (primary N) is 1. The van der Waals surface area contributed by atoms with E-state index in [1.54, 1.807) is 0 Å². The van der Waals surface area contributed by atoms with Gasteiger partial charge in [-0.2, -0.15) is 0 Å². The van der Waals surface area contributed by atoms with Crippen molar-refractivity contribution in [3.63, 3.8) is 0 Å². The minimum absolute atomic E-state index is 0.0268. The second kappa shape index (κ2) is 6.17. The van der Waals surface area contributed by atoms with Crippen LogP contribution in [0.4, 0.5) is 0 Å². The summed E-state index contributed by atoms with van der Waals surface area (Å²) in [7, 11) is 0. The molecule has 5 nitrogen and oxygen atoms in total. The van der Waals surface area contributed by atoms with E-state index in [0.29, 0.717) is 0 Å². The van der Waals surface area contributed by atoms with Crippen LogP contribution in [0.2, 0.25) is 0 Å². The molecule has 0 aliphatic carbocycles. The first-order chi connectivity index (χ1) is 8.76. The van der Waals surface area contributed by atoms with Crippen LogP contribution >= 0.6 is 11.8 Å². The summed E-state index contributed by atoms with van der Waals surface area (Å²) < 4.78 is 1.91. The van der Waals surface area contributed by atoms with E-state index in [1.165, 1.54) is 11.8 Å². The monoisotopic (exact) mass is 266 g/mol. The van der Waals surface area contributed by atoms with Gasteiger partial charge in [0.05, 0.1) is 11.9 Å². The van der Waals surface area contributed by atoms with Crippen LogP contribution in [0.5, 0.6) is 0 Å². The molecular formula is C12H18N4OS. The lowest BCUT2D eigenvalue weighted by Gasteiger charge is -2.19. The second-order valence-corrected chi connectivity index (χ2v) is 5.41. The van der Waals surface area contributed by atoms with Gasteiger partial charge in [-0.15, -0.1) is 10.2 Å². The minimum atomic E-state index is -0.0439. The Morgan fingerprint density at radius 2 is 2.28 bits per heavy atom. The lowest BCUT2D eigenvalue weighted by Crippen LogP contribution is -2.35. The van der Waals surface area contributed by atoms with Crippen molar-refractivity contribution < 1.29 is 5.11 Å². The molecule has 98 valence electrons. The van der Waals surface area contributed by atoms with Crippen molar-refractivity contribution >= 4 is 17.4 Å². The van der Waals surface area contributed by atoms with Crippen LogP contribution in [0.1, 0.15) is 19.8 Å². The van der Waals surface area contributed by atoms with E-state index in [2.05, 4.69) is 17.1 Å². The van der Waals surface area contributed by atoms with Crippen molar-refractivity contribution in [1.82, 2.24) is 14.6 Å². The van der Waals surface area contributed by atoms with Gasteiger partial charge in [-0.3, -0.25) is 4.40 Å². The Morgan fingerprint density at radius 3 is 3.00 bits per heavy atom. The van der Waals surface area contributed by atoms with Crippen LogP contribution in [-0.2, 0) is 0 Å². The molecule has 18 heavy (non-hydrogen) atoms. The van der Waals surface area contributed by atoms with Crippen LogP contribution in [0.3, 0.4) is 0 Å². The molecule has 0 aliphatic heterocycles. The van der Waals surface area contributed by atoms with Gasteiger partial charge < -0.3 is 10.8 Å². The van der Waals surface area contributed by atoms with E-state index < -0.39 is 0 Å². The summed E-state index contributed by atoms with van der Waals surface area (Å²) in [5.74, 6) is 0. The smallest absolute Gasteiger partial charge is 0.196 e. The fourth-order valence-corrected chi connectivity index (χ4v) is 2.83. The molecule has 0 radical (unpaired) electrons. The first-order valence-electron chi connectivity index (χ1n) is 6.09. The maximum atomic E-state index is 9.44. The summed E-state index contributed by atoms with van der Waals surface area (Å²) in [6.45, 7) is 2.14. The standard InChI is InChI=1S/C12H18N4OS/c1-2-5-9(13)10(8-17)18-12-15-14-11-6-3-4-7-16(11)12/h3-4,6-7,9-10,17H,2,5,8,13H2,1H3. The SMILES string of the molecule is CCCC(N)C(CO)Sc1nnc2ccccn12. The number of thioether (sulfide) groups is 1. The first-order valence-corrected chi connectivity index (χ1v) is 6.97. The highest BCUT2D eigenvalue weighted by molar-refractivity contribution is 7.99. The zero-order valence-corrected chi connectivity index (χ0v) is 11.2. The summed E-state index contributed by atoms with van der Waals surface area (Å²) in [5.41, 5.74) is 6.87. The van der Waals surface area contributed by atoms with Crippen molar-refractivity contribution in [1.29, 1.82) is 0 Å². The molecule has 0 aromatic carbocycles. The summed E-state index contributed by atoms with van der Waals surface area (Å²) in [4.78, 5) is 0. The zero-order chi connectivity index (χ0) is 13.0. The Hall–Kier alpha value is -1.11. The maximum Gasteiger partial charge on any atom is 0.196 e. The predicted molar refractivity (Wildman–Crippen MR) is 72.6 cm³/mol. The molecular weight excluding hydrogens is 248 g/mol. The van der Waals surface area contributed by atoms with Crippen LogP contribution in [0.15, 0.2) is 29.6 Å². The van der Waals surface area contributed by atoms with Crippen molar-refractivity contribution in [2.45, 2.75) is 36.2 Å². The molecule has 0 amide bonds. The van der Waals surface area contributed by atoms with Crippen molar-refractivity contribution in [3.8, 4) is 0 Å². The number of aliphatic hydroxyl groups is 1. The number of nitrogens with zero attached hydrogens (tertiary/aromatic N) is 3. The quantitative estimate of drug-likeness (QED) is 0.771. The van der Waals surface area contributed by atoms with E-state index in [9.17, 15) is 5.11 Å². The summed E-state index contributed by atoms with van der Waals surface area (Å²) >= 11 is 1.49. The largest absolute Gasteiger partial charge is 0.395 e. The van der Waals surface area contributed by atoms with Crippen molar-refractivity contribution in [3.05, 3.63) is 24.4 Å². The van der Waals surface area contributed by atoms with Crippen LogP contribution in [-0.4, -0.2) is 37.6 Å². The Bertz CT molecular complexity index is 502. The second-order valence-electron chi connectivity index (χ2n) is 4.20. The molecule has 0 saturated carbocycles.